The van der Waals surface area contributed by atoms with Gasteiger partial charge in [-0.05, 0) is 37.3 Å². The Morgan fingerprint density at radius 3 is 2.56 bits per heavy atom. The molecule has 2 aromatic rings. The van der Waals surface area contributed by atoms with Gasteiger partial charge in [0.25, 0.3) is 0 Å². The number of nitrogens with zero attached hydrogens (tertiary/aromatic N) is 1. The minimum atomic E-state index is -3.79. The molecule has 11 heteroatoms. The molecule has 2 amide bonds. The summed E-state index contributed by atoms with van der Waals surface area (Å²) < 4.78 is 37.9. The van der Waals surface area contributed by atoms with Crippen LogP contribution in [0.5, 0.6) is 11.5 Å². The highest BCUT2D eigenvalue weighted by molar-refractivity contribution is 7.89. The molecule has 9 nitrogen and oxygen atoms in total. The molecule has 2 aromatic carbocycles. The van der Waals surface area contributed by atoms with Crippen molar-refractivity contribution in [3.05, 3.63) is 47.5 Å². The lowest BCUT2D eigenvalue weighted by molar-refractivity contribution is -0.134. The van der Waals surface area contributed by atoms with Gasteiger partial charge in [-0.1, -0.05) is 17.7 Å². The number of carbonyl (C=O) groups excluding carboxylic acids is 2. The lowest BCUT2D eigenvalue weighted by atomic mass is 10.2. The normalized spacial score (nSPS) is 12.8. The van der Waals surface area contributed by atoms with Gasteiger partial charge in [0.1, 0.15) is 13.2 Å². The Bertz CT molecular complexity index is 1090. The van der Waals surface area contributed by atoms with E-state index < -0.39 is 10.0 Å². The van der Waals surface area contributed by atoms with Crippen LogP contribution in [0.1, 0.15) is 13.3 Å². The third-order valence-electron chi connectivity index (χ3n) is 4.63. The summed E-state index contributed by atoms with van der Waals surface area (Å²) in [6, 6.07) is 10.9. The van der Waals surface area contributed by atoms with Crippen LogP contribution in [0.2, 0.25) is 5.02 Å². The van der Waals surface area contributed by atoms with Crippen molar-refractivity contribution in [2.75, 3.05) is 38.2 Å². The summed E-state index contributed by atoms with van der Waals surface area (Å²) in [5, 5.41) is 3.02. The Labute approximate surface area is 191 Å². The zero-order valence-corrected chi connectivity index (χ0v) is 19.0. The van der Waals surface area contributed by atoms with Crippen LogP contribution in [-0.4, -0.2) is 58.0 Å². The van der Waals surface area contributed by atoms with E-state index >= 15 is 0 Å². The number of benzene rings is 2. The van der Waals surface area contributed by atoms with Gasteiger partial charge in [-0.15, -0.1) is 0 Å². The molecule has 3 rings (SSSR count). The zero-order valence-electron chi connectivity index (χ0n) is 17.5. The number of amides is 2. The Morgan fingerprint density at radius 2 is 1.84 bits per heavy atom. The molecular weight excluding hydrogens is 458 g/mol. The Morgan fingerprint density at radius 1 is 1.09 bits per heavy atom. The summed E-state index contributed by atoms with van der Waals surface area (Å²) in [5.41, 5.74) is 0.525. The Hall–Kier alpha value is -2.82. The summed E-state index contributed by atoms with van der Waals surface area (Å²) in [7, 11) is -3.79. The molecular formula is C21H24ClN3O6S. The second-order valence-corrected chi connectivity index (χ2v) is 9.12. The monoisotopic (exact) mass is 481 g/mol. The number of rotatable bonds is 9. The molecule has 0 saturated heterocycles. The van der Waals surface area contributed by atoms with Crippen LogP contribution in [-0.2, 0) is 19.6 Å². The third kappa shape index (κ3) is 6.35. The van der Waals surface area contributed by atoms with Crippen LogP contribution in [0.15, 0.2) is 47.4 Å². The molecule has 0 radical (unpaired) electrons. The minimum absolute atomic E-state index is 0.0172. The number of halogens is 1. The molecule has 0 saturated carbocycles. The van der Waals surface area contributed by atoms with Gasteiger partial charge in [0.2, 0.25) is 21.8 Å². The average Bonchev–Trinajstić information content (AvgIpc) is 2.77. The summed E-state index contributed by atoms with van der Waals surface area (Å²) in [6.45, 7) is 2.68. The maximum atomic E-state index is 12.5. The van der Waals surface area contributed by atoms with Crippen molar-refractivity contribution < 1.29 is 27.5 Å². The van der Waals surface area contributed by atoms with E-state index in [1.807, 2.05) is 0 Å². The number of anilines is 1. The molecule has 1 heterocycles. The SMILES string of the molecule is CCN(CC(=O)Nc1ccc2c(c1)OCCO2)C(=O)CCNS(=O)(=O)c1cccc(Cl)c1. The van der Waals surface area contributed by atoms with Gasteiger partial charge in [0.05, 0.1) is 11.4 Å². The van der Waals surface area contributed by atoms with E-state index in [0.717, 1.165) is 0 Å². The number of ether oxygens (including phenoxy) is 2. The first kappa shape index (κ1) is 23.8. The molecule has 0 aromatic heterocycles. The zero-order chi connectivity index (χ0) is 23.1. The van der Waals surface area contributed by atoms with E-state index in [2.05, 4.69) is 10.0 Å². The van der Waals surface area contributed by atoms with Gasteiger partial charge in [0.15, 0.2) is 11.5 Å². The van der Waals surface area contributed by atoms with Crippen LogP contribution >= 0.6 is 11.6 Å². The minimum Gasteiger partial charge on any atom is -0.486 e. The molecule has 0 atom stereocenters. The number of hydrogen-bond acceptors (Lipinski definition) is 6. The van der Waals surface area contributed by atoms with E-state index in [0.29, 0.717) is 42.0 Å². The van der Waals surface area contributed by atoms with Gasteiger partial charge < -0.3 is 19.7 Å². The van der Waals surface area contributed by atoms with Gasteiger partial charge in [0, 0.05) is 36.3 Å². The second-order valence-electron chi connectivity index (χ2n) is 6.92. The van der Waals surface area contributed by atoms with Crippen LogP contribution in [0.4, 0.5) is 5.69 Å². The van der Waals surface area contributed by atoms with E-state index in [4.69, 9.17) is 21.1 Å². The molecule has 32 heavy (non-hydrogen) atoms. The quantitative estimate of drug-likeness (QED) is 0.568. The number of nitrogens with one attached hydrogen (secondary N) is 2. The standard InChI is InChI=1S/C21H24ClN3O6S/c1-2-25(14-20(26)24-16-6-7-18-19(13-16)31-11-10-30-18)21(27)8-9-23-32(28,29)17-5-3-4-15(22)12-17/h3-7,12-13,23H,2,8-11,14H2,1H3,(H,24,26). The van der Waals surface area contributed by atoms with Crippen LogP contribution in [0.25, 0.3) is 0 Å². The molecule has 172 valence electrons. The van der Waals surface area contributed by atoms with Crippen molar-refractivity contribution >= 4 is 39.1 Å². The molecule has 1 aliphatic heterocycles. The highest BCUT2D eigenvalue weighted by Crippen LogP contribution is 2.32. The Balaban J connectivity index is 1.50. The number of sulfonamides is 1. The molecule has 0 fully saturated rings. The first-order valence-corrected chi connectivity index (χ1v) is 11.9. The molecule has 0 spiro atoms. The molecule has 0 unspecified atom stereocenters. The maximum absolute atomic E-state index is 12.5. The van der Waals surface area contributed by atoms with Crippen LogP contribution in [0, 0.1) is 0 Å². The highest BCUT2D eigenvalue weighted by atomic mass is 35.5. The summed E-state index contributed by atoms with van der Waals surface area (Å²) in [6.07, 6.45) is -0.0923. The number of hydrogen-bond donors (Lipinski definition) is 2. The fourth-order valence-corrected chi connectivity index (χ4v) is 4.37. The summed E-state index contributed by atoms with van der Waals surface area (Å²) >= 11 is 5.83. The smallest absolute Gasteiger partial charge is 0.243 e. The van der Waals surface area contributed by atoms with Crippen molar-refractivity contribution in [2.24, 2.45) is 0 Å². The van der Waals surface area contributed by atoms with Gasteiger partial charge in [-0.25, -0.2) is 13.1 Å². The number of likely N-dealkylation sites (N-methyl/N-ethyl adjacent to an activating group) is 1. The average molecular weight is 482 g/mol. The van der Waals surface area contributed by atoms with E-state index in [9.17, 15) is 18.0 Å². The van der Waals surface area contributed by atoms with Crippen molar-refractivity contribution in [3.8, 4) is 11.5 Å². The van der Waals surface area contributed by atoms with E-state index in [-0.39, 0.29) is 36.2 Å². The molecule has 0 bridgehead atoms. The van der Waals surface area contributed by atoms with E-state index in [1.54, 1.807) is 31.2 Å². The van der Waals surface area contributed by atoms with Gasteiger partial charge in [-0.2, -0.15) is 0 Å². The lowest BCUT2D eigenvalue weighted by Gasteiger charge is -2.21. The lowest BCUT2D eigenvalue weighted by Crippen LogP contribution is -2.39. The number of carbonyl (C=O) groups is 2. The first-order valence-electron chi connectivity index (χ1n) is 10.0. The van der Waals surface area contributed by atoms with Crippen LogP contribution < -0.4 is 19.5 Å². The Kier molecular flexibility index (Phi) is 7.94. The number of fused-ring (bicyclic) bond motifs is 1. The fourth-order valence-electron chi connectivity index (χ4n) is 3.04. The van der Waals surface area contributed by atoms with Gasteiger partial charge >= 0.3 is 0 Å². The summed E-state index contributed by atoms with van der Waals surface area (Å²) in [5.74, 6) is 0.430. The van der Waals surface area contributed by atoms with E-state index in [1.165, 1.54) is 23.1 Å². The van der Waals surface area contributed by atoms with Crippen molar-refractivity contribution in [2.45, 2.75) is 18.2 Å². The topological polar surface area (TPSA) is 114 Å². The first-order chi connectivity index (χ1) is 15.3. The highest BCUT2D eigenvalue weighted by Gasteiger charge is 2.19. The second kappa shape index (κ2) is 10.7. The maximum Gasteiger partial charge on any atom is 0.243 e. The fraction of sp³-hybridized carbons (Fsp3) is 0.333. The summed E-state index contributed by atoms with van der Waals surface area (Å²) in [4.78, 5) is 26.3. The van der Waals surface area contributed by atoms with Crippen molar-refractivity contribution in [3.63, 3.8) is 0 Å². The molecule has 1 aliphatic rings. The predicted molar refractivity (Wildman–Crippen MR) is 120 cm³/mol. The van der Waals surface area contributed by atoms with Crippen molar-refractivity contribution in [1.29, 1.82) is 0 Å². The third-order valence-corrected chi connectivity index (χ3v) is 6.33. The largest absolute Gasteiger partial charge is 0.486 e. The van der Waals surface area contributed by atoms with Crippen LogP contribution in [0.3, 0.4) is 0 Å². The molecule has 0 aliphatic carbocycles. The van der Waals surface area contributed by atoms with Gasteiger partial charge in [-0.3, -0.25) is 9.59 Å². The predicted octanol–water partition coefficient (Wildman–Crippen LogP) is 2.27. The molecule has 2 N–H and O–H groups in total. The van der Waals surface area contributed by atoms with Crippen molar-refractivity contribution in [1.82, 2.24) is 9.62 Å².